The molecular weight excluding hydrogens is 398 g/mol. The highest BCUT2D eigenvalue weighted by Crippen LogP contribution is 2.21. The Kier molecular flexibility index (Phi) is 6.71. The summed E-state index contributed by atoms with van der Waals surface area (Å²) in [6.07, 6.45) is 1.73. The van der Waals surface area contributed by atoms with Gasteiger partial charge in [-0.25, -0.2) is 8.42 Å². The second-order valence-electron chi connectivity index (χ2n) is 6.24. The van der Waals surface area contributed by atoms with Crippen molar-refractivity contribution >= 4 is 33.6 Å². The Hall–Kier alpha value is -2.36. The monoisotopic (exact) mass is 419 g/mol. The zero-order valence-corrected chi connectivity index (χ0v) is 16.8. The lowest BCUT2D eigenvalue weighted by atomic mass is 10.2. The summed E-state index contributed by atoms with van der Waals surface area (Å²) in [6.45, 7) is 1.05. The fraction of sp³-hybridized carbons (Fsp3) is 0.263. The van der Waals surface area contributed by atoms with Gasteiger partial charge in [0.2, 0.25) is 15.9 Å². The highest BCUT2D eigenvalue weighted by Gasteiger charge is 2.27. The van der Waals surface area contributed by atoms with Crippen molar-refractivity contribution in [1.82, 2.24) is 15.2 Å². The largest absolute Gasteiger partial charge is 0.272 e. The molecule has 0 aliphatic carbocycles. The summed E-state index contributed by atoms with van der Waals surface area (Å²) >= 11 is 1.36. The van der Waals surface area contributed by atoms with Crippen molar-refractivity contribution in [2.24, 2.45) is 0 Å². The Morgan fingerprint density at radius 1 is 0.929 bits per heavy atom. The van der Waals surface area contributed by atoms with Crippen molar-refractivity contribution in [3.05, 3.63) is 60.2 Å². The van der Waals surface area contributed by atoms with Gasteiger partial charge in [0, 0.05) is 23.5 Å². The molecule has 28 heavy (non-hydrogen) atoms. The first-order valence-electron chi connectivity index (χ1n) is 8.84. The van der Waals surface area contributed by atoms with Crippen molar-refractivity contribution in [3.8, 4) is 0 Å². The molecule has 2 amide bonds. The number of amides is 2. The average Bonchev–Trinajstić information content (AvgIpc) is 3.27. The molecular formula is C19H21N3O4S2. The van der Waals surface area contributed by atoms with Crippen LogP contribution in [0.15, 0.2) is 64.4 Å². The van der Waals surface area contributed by atoms with E-state index >= 15 is 0 Å². The van der Waals surface area contributed by atoms with E-state index < -0.39 is 15.9 Å². The van der Waals surface area contributed by atoms with E-state index in [1.165, 1.54) is 40.3 Å². The van der Waals surface area contributed by atoms with Crippen LogP contribution in [-0.4, -0.2) is 43.4 Å². The van der Waals surface area contributed by atoms with Crippen molar-refractivity contribution < 1.29 is 18.0 Å². The lowest BCUT2D eigenvalue weighted by Gasteiger charge is -2.15. The van der Waals surface area contributed by atoms with Gasteiger partial charge in [-0.15, -0.1) is 11.8 Å². The van der Waals surface area contributed by atoms with Gasteiger partial charge < -0.3 is 0 Å². The molecule has 7 nitrogen and oxygen atoms in total. The van der Waals surface area contributed by atoms with Gasteiger partial charge in [0.1, 0.15) is 0 Å². The number of hydrogen-bond acceptors (Lipinski definition) is 5. The van der Waals surface area contributed by atoms with E-state index in [2.05, 4.69) is 10.9 Å². The summed E-state index contributed by atoms with van der Waals surface area (Å²) in [5.74, 6) is -0.685. The van der Waals surface area contributed by atoms with Gasteiger partial charge in [0.25, 0.3) is 5.91 Å². The van der Waals surface area contributed by atoms with Crippen LogP contribution >= 0.6 is 11.8 Å². The molecule has 0 atom stereocenters. The van der Waals surface area contributed by atoms with Gasteiger partial charge in [-0.2, -0.15) is 4.31 Å². The van der Waals surface area contributed by atoms with Crippen LogP contribution in [0.2, 0.25) is 0 Å². The average molecular weight is 420 g/mol. The van der Waals surface area contributed by atoms with E-state index in [4.69, 9.17) is 0 Å². The fourth-order valence-electron chi connectivity index (χ4n) is 2.76. The van der Waals surface area contributed by atoms with Gasteiger partial charge >= 0.3 is 0 Å². The topological polar surface area (TPSA) is 95.6 Å². The number of nitrogens with zero attached hydrogens (tertiary/aromatic N) is 1. The Bertz CT molecular complexity index is 925. The van der Waals surface area contributed by atoms with Crippen LogP contribution < -0.4 is 10.9 Å². The predicted molar refractivity (Wildman–Crippen MR) is 107 cm³/mol. The van der Waals surface area contributed by atoms with E-state index in [0.29, 0.717) is 13.1 Å². The van der Waals surface area contributed by atoms with Crippen molar-refractivity contribution in [1.29, 1.82) is 0 Å². The molecule has 0 radical (unpaired) electrons. The summed E-state index contributed by atoms with van der Waals surface area (Å²) in [5, 5.41) is 0. The minimum absolute atomic E-state index is 0.161. The lowest BCUT2D eigenvalue weighted by Crippen LogP contribution is -2.42. The van der Waals surface area contributed by atoms with Crippen molar-refractivity contribution in [3.63, 3.8) is 0 Å². The number of rotatable bonds is 6. The van der Waals surface area contributed by atoms with Gasteiger partial charge in [0.05, 0.1) is 10.6 Å². The van der Waals surface area contributed by atoms with Gasteiger partial charge in [-0.3, -0.25) is 20.4 Å². The zero-order valence-electron chi connectivity index (χ0n) is 15.1. The molecule has 0 saturated carbocycles. The van der Waals surface area contributed by atoms with E-state index in [-0.39, 0.29) is 22.1 Å². The molecule has 2 aromatic carbocycles. The highest BCUT2D eigenvalue weighted by molar-refractivity contribution is 8.00. The third-order valence-corrected chi connectivity index (χ3v) is 7.17. The maximum absolute atomic E-state index is 12.5. The molecule has 0 aromatic heterocycles. The maximum atomic E-state index is 12.5. The smallest absolute Gasteiger partial charge is 0.269 e. The van der Waals surface area contributed by atoms with E-state index in [1.807, 2.05) is 30.3 Å². The maximum Gasteiger partial charge on any atom is 0.269 e. The molecule has 2 N–H and O–H groups in total. The molecule has 1 heterocycles. The van der Waals surface area contributed by atoms with Crippen molar-refractivity contribution in [2.75, 3.05) is 18.8 Å². The number of nitrogens with one attached hydrogen (secondary N) is 2. The van der Waals surface area contributed by atoms with Crippen LogP contribution in [-0.2, 0) is 14.8 Å². The van der Waals surface area contributed by atoms with Crippen molar-refractivity contribution in [2.45, 2.75) is 22.6 Å². The summed E-state index contributed by atoms with van der Waals surface area (Å²) in [5.41, 5.74) is 4.95. The molecule has 1 fully saturated rings. The number of hydrogen-bond donors (Lipinski definition) is 2. The molecule has 3 rings (SSSR count). The third-order valence-electron chi connectivity index (χ3n) is 4.25. The molecule has 1 aliphatic rings. The number of carbonyl (C=O) groups excluding carboxylic acids is 2. The zero-order chi connectivity index (χ0) is 20.0. The second-order valence-corrected chi connectivity index (χ2v) is 9.23. The Morgan fingerprint density at radius 3 is 2.21 bits per heavy atom. The summed E-state index contributed by atoms with van der Waals surface area (Å²) in [7, 11) is -3.51. The number of thioether (sulfide) groups is 1. The summed E-state index contributed by atoms with van der Waals surface area (Å²) in [4.78, 5) is 25.1. The number of hydrazine groups is 1. The highest BCUT2D eigenvalue weighted by atomic mass is 32.2. The Labute approximate surface area is 168 Å². The lowest BCUT2D eigenvalue weighted by molar-refractivity contribution is -0.119. The van der Waals surface area contributed by atoms with Crippen LogP contribution in [0.4, 0.5) is 0 Å². The first kappa shape index (κ1) is 20.4. The molecule has 1 saturated heterocycles. The molecule has 1 aliphatic heterocycles. The van der Waals surface area contributed by atoms with E-state index in [0.717, 1.165) is 17.7 Å². The van der Waals surface area contributed by atoms with Gasteiger partial charge in [-0.1, -0.05) is 18.2 Å². The predicted octanol–water partition coefficient (Wildman–Crippen LogP) is 2.02. The van der Waals surface area contributed by atoms with Crippen LogP contribution in [0.1, 0.15) is 23.2 Å². The Balaban J connectivity index is 1.51. The SMILES string of the molecule is O=C(CSc1ccccc1)NNC(=O)c1ccc(S(=O)(=O)N2CCCC2)cc1. The quantitative estimate of drug-likeness (QED) is 0.552. The summed E-state index contributed by atoms with van der Waals surface area (Å²) < 4.78 is 26.4. The number of benzene rings is 2. The second kappa shape index (κ2) is 9.22. The first-order chi connectivity index (χ1) is 13.5. The first-order valence-corrected chi connectivity index (χ1v) is 11.3. The number of sulfonamides is 1. The summed E-state index contributed by atoms with van der Waals surface area (Å²) in [6, 6.07) is 15.2. The van der Waals surface area contributed by atoms with Gasteiger partial charge in [0.15, 0.2) is 0 Å². The Morgan fingerprint density at radius 2 is 1.57 bits per heavy atom. The third kappa shape index (κ3) is 5.12. The van der Waals surface area contributed by atoms with E-state index in [9.17, 15) is 18.0 Å². The number of carbonyl (C=O) groups is 2. The minimum Gasteiger partial charge on any atom is -0.272 e. The molecule has 0 unspecified atom stereocenters. The molecule has 0 bridgehead atoms. The minimum atomic E-state index is -3.51. The molecule has 9 heteroatoms. The molecule has 2 aromatic rings. The molecule has 0 spiro atoms. The van der Waals surface area contributed by atoms with Crippen LogP contribution in [0.3, 0.4) is 0 Å². The van der Waals surface area contributed by atoms with Crippen LogP contribution in [0, 0.1) is 0 Å². The van der Waals surface area contributed by atoms with Gasteiger partial charge in [-0.05, 0) is 49.2 Å². The fourth-order valence-corrected chi connectivity index (χ4v) is 4.99. The van der Waals surface area contributed by atoms with Crippen LogP contribution in [0.25, 0.3) is 0 Å². The van der Waals surface area contributed by atoms with E-state index in [1.54, 1.807) is 0 Å². The van der Waals surface area contributed by atoms with Crippen LogP contribution in [0.5, 0.6) is 0 Å². The molecule has 148 valence electrons. The normalized spacial score (nSPS) is 14.6. The standard InChI is InChI=1S/C19H21N3O4S2/c23-18(14-27-16-6-2-1-3-7-16)20-21-19(24)15-8-10-17(11-9-15)28(25,26)22-12-4-5-13-22/h1-3,6-11H,4-5,12-14H2,(H,20,23)(H,21,24).